The van der Waals surface area contributed by atoms with Gasteiger partial charge in [0, 0.05) is 6.42 Å². The predicted molar refractivity (Wildman–Crippen MR) is 401 cm³/mol. The number of hydrogen-bond acceptors (Lipinski definition) is 18. The molecule has 0 aromatic rings. The van der Waals surface area contributed by atoms with Crippen LogP contribution in [0.15, 0.2) is 170 Å². The number of hydrogen-bond donors (Lipinski definition) is 12. The highest BCUT2D eigenvalue weighted by atomic mass is 16.8. The summed E-state index contributed by atoms with van der Waals surface area (Å²) in [6, 6.07) is -1.02. The van der Waals surface area contributed by atoms with E-state index < -0.39 is 131 Å². The summed E-state index contributed by atoms with van der Waals surface area (Å²) in [5, 5.41) is 121. The van der Waals surface area contributed by atoms with E-state index in [1.54, 1.807) is 6.08 Å². The normalized spacial score (nSPS) is 27.3. The number of allylic oxidation sites excluding steroid dienone is 27. The lowest BCUT2D eigenvalue weighted by Crippen LogP contribution is -2.66. The molecule has 3 aliphatic heterocycles. The van der Waals surface area contributed by atoms with Gasteiger partial charge in [0.25, 0.3) is 0 Å². The molecule has 101 heavy (non-hydrogen) atoms. The Balaban J connectivity index is 1.39. The van der Waals surface area contributed by atoms with Crippen molar-refractivity contribution in [3.05, 3.63) is 170 Å². The quantitative estimate of drug-likeness (QED) is 0.0199. The van der Waals surface area contributed by atoms with Crippen molar-refractivity contribution in [1.29, 1.82) is 0 Å². The van der Waals surface area contributed by atoms with Gasteiger partial charge < -0.3 is 89.9 Å². The minimum absolute atomic E-state index is 0.197. The lowest BCUT2D eigenvalue weighted by Gasteiger charge is -2.48. The molecule has 3 saturated heterocycles. The van der Waals surface area contributed by atoms with Crippen molar-refractivity contribution in [3.8, 4) is 0 Å². The molecule has 1 amide bonds. The molecule has 3 rings (SSSR count). The monoisotopic (exact) mass is 1420 g/mol. The van der Waals surface area contributed by atoms with Gasteiger partial charge >= 0.3 is 0 Å². The van der Waals surface area contributed by atoms with E-state index in [9.17, 15) is 61.0 Å². The largest absolute Gasteiger partial charge is 0.394 e. The summed E-state index contributed by atoms with van der Waals surface area (Å²) >= 11 is 0. The first-order valence-electron chi connectivity index (χ1n) is 37.9. The van der Waals surface area contributed by atoms with E-state index in [1.165, 1.54) is 44.9 Å². The summed E-state index contributed by atoms with van der Waals surface area (Å²) in [7, 11) is 0. The van der Waals surface area contributed by atoms with Crippen molar-refractivity contribution < 1.29 is 89.4 Å². The topological polar surface area (TPSA) is 307 Å². The highest BCUT2D eigenvalue weighted by Crippen LogP contribution is 2.33. The van der Waals surface area contributed by atoms with Crippen LogP contribution >= 0.6 is 0 Å². The van der Waals surface area contributed by atoms with Gasteiger partial charge in [-0.05, 0) is 128 Å². The lowest BCUT2D eigenvalue weighted by atomic mass is 9.96. The highest BCUT2D eigenvalue weighted by molar-refractivity contribution is 5.76. The Kier molecular flexibility index (Phi) is 54.1. The Labute approximate surface area is 605 Å². The van der Waals surface area contributed by atoms with E-state index in [4.69, 9.17) is 28.4 Å². The Bertz CT molecular complexity index is 2490. The number of rotatable bonds is 56. The molecule has 3 fully saturated rings. The second-order valence-corrected chi connectivity index (χ2v) is 26.0. The smallest absolute Gasteiger partial charge is 0.220 e. The summed E-state index contributed by atoms with van der Waals surface area (Å²) in [5.74, 6) is -0.316. The number of aliphatic hydroxyl groups excluding tert-OH is 11. The predicted octanol–water partition coefficient (Wildman–Crippen LogP) is 11.8. The first kappa shape index (κ1) is 90.4. The van der Waals surface area contributed by atoms with Gasteiger partial charge in [-0.25, -0.2) is 0 Å². The molecule has 19 nitrogen and oxygen atoms in total. The average molecular weight is 1420 g/mol. The summed E-state index contributed by atoms with van der Waals surface area (Å²) in [5.41, 5.74) is 0. The number of ether oxygens (including phenoxy) is 6. The van der Waals surface area contributed by atoms with Gasteiger partial charge in [-0.15, -0.1) is 0 Å². The van der Waals surface area contributed by atoms with Crippen LogP contribution in [-0.4, -0.2) is 193 Å². The fourth-order valence-electron chi connectivity index (χ4n) is 11.4. The lowest BCUT2D eigenvalue weighted by molar-refractivity contribution is -0.379. The Hall–Kier alpha value is -4.85. The molecule has 0 spiro atoms. The van der Waals surface area contributed by atoms with Crippen molar-refractivity contribution >= 4 is 5.91 Å². The molecule has 3 heterocycles. The van der Waals surface area contributed by atoms with Gasteiger partial charge in [0.1, 0.15) is 73.2 Å². The molecule has 0 aliphatic carbocycles. The maximum Gasteiger partial charge on any atom is 0.220 e. The van der Waals surface area contributed by atoms with Crippen molar-refractivity contribution in [2.24, 2.45) is 0 Å². The van der Waals surface area contributed by atoms with Gasteiger partial charge in [0.05, 0.1) is 38.6 Å². The van der Waals surface area contributed by atoms with Crippen LogP contribution in [0, 0.1) is 0 Å². The van der Waals surface area contributed by atoms with E-state index in [2.05, 4.69) is 177 Å². The molecule has 0 bridgehead atoms. The van der Waals surface area contributed by atoms with E-state index in [1.807, 2.05) is 6.08 Å². The van der Waals surface area contributed by atoms with E-state index in [0.29, 0.717) is 12.8 Å². The third-order valence-electron chi connectivity index (χ3n) is 17.5. The standard InChI is InChI=1S/C82H131NO18/c1-3-5-7-9-11-13-15-17-19-21-22-23-24-25-26-27-28-29-30-31-32-33-34-35-36-37-38-39-40-41-42-44-46-48-50-52-54-56-58-60-70(88)83-65(66(87)59-57-55-53-51-49-47-45-43-20-18-16-14-12-10-8-6-4-2)64-96-80-76(94)73(91)78(68(62-85)98-80)101-82-77(95)74(92)79(69(63-86)99-82)100-81-75(93)72(90)71(89)67(61-84)97-81/h5,7,11,13,17,19-20,22-23,25-26,28-29,31-32,34-35,37-38,40-41,43-44,46,49,51,57,59,65-69,71-82,84-87,89-95H,3-4,6,8-10,12,14-16,18,21,24,27,30,33,36,39,42,45,47-48,50,52-56,58,60-64H2,1-2H3,(H,83,88)/b7-5-,13-11-,19-17-,23-22-,26-25-,29-28-,32-31-,35-34-,38-37-,41-40-,43-20+,46-44-,51-49+,59-57+. The summed E-state index contributed by atoms with van der Waals surface area (Å²) in [4.78, 5) is 13.4. The maximum atomic E-state index is 13.4. The number of carbonyl (C=O) groups excluding carboxylic acids is 1. The minimum atomic E-state index is -1.99. The zero-order chi connectivity index (χ0) is 73.2. The second-order valence-electron chi connectivity index (χ2n) is 26.0. The van der Waals surface area contributed by atoms with Crippen LogP contribution in [-0.2, 0) is 33.2 Å². The van der Waals surface area contributed by atoms with Crippen LogP contribution in [0.25, 0.3) is 0 Å². The van der Waals surface area contributed by atoms with Crippen molar-refractivity contribution in [2.45, 2.75) is 311 Å². The summed E-state index contributed by atoms with van der Waals surface area (Å²) in [6.45, 7) is 1.54. The first-order valence-corrected chi connectivity index (χ1v) is 37.9. The third kappa shape index (κ3) is 40.9. The van der Waals surface area contributed by atoms with Gasteiger partial charge in [0.2, 0.25) is 5.91 Å². The average Bonchev–Trinajstić information content (AvgIpc) is 0.792. The maximum absolute atomic E-state index is 13.4. The minimum Gasteiger partial charge on any atom is -0.394 e. The molecular formula is C82H131NO18. The van der Waals surface area contributed by atoms with Crippen molar-refractivity contribution in [3.63, 3.8) is 0 Å². The molecule has 17 atom stereocenters. The molecule has 12 N–H and O–H groups in total. The summed E-state index contributed by atoms with van der Waals surface area (Å²) in [6.07, 6.45) is 63.3. The zero-order valence-electron chi connectivity index (χ0n) is 60.8. The fourth-order valence-corrected chi connectivity index (χ4v) is 11.4. The second kappa shape index (κ2) is 60.4. The number of nitrogens with one attached hydrogen (secondary N) is 1. The van der Waals surface area contributed by atoms with Crippen molar-refractivity contribution in [1.82, 2.24) is 5.32 Å². The van der Waals surface area contributed by atoms with Gasteiger partial charge in [-0.2, -0.15) is 0 Å². The fraction of sp³-hybridized carbons (Fsp3) is 0.646. The number of unbranched alkanes of at least 4 members (excludes halogenated alkanes) is 14. The molecule has 0 aromatic carbocycles. The van der Waals surface area contributed by atoms with E-state index in [-0.39, 0.29) is 12.3 Å². The third-order valence-corrected chi connectivity index (χ3v) is 17.5. The van der Waals surface area contributed by atoms with Crippen LogP contribution < -0.4 is 5.32 Å². The first-order chi connectivity index (χ1) is 49.3. The van der Waals surface area contributed by atoms with Gasteiger partial charge in [-0.1, -0.05) is 242 Å². The molecule has 19 heteroatoms. The molecule has 572 valence electrons. The molecule has 0 radical (unpaired) electrons. The molecule has 0 saturated carbocycles. The van der Waals surface area contributed by atoms with E-state index >= 15 is 0 Å². The van der Waals surface area contributed by atoms with Crippen LogP contribution in [0.4, 0.5) is 0 Å². The molecular weight excluding hydrogens is 1290 g/mol. The highest BCUT2D eigenvalue weighted by Gasteiger charge is 2.53. The number of aliphatic hydroxyl groups is 11. The van der Waals surface area contributed by atoms with Crippen molar-refractivity contribution in [2.75, 3.05) is 26.4 Å². The SMILES string of the molecule is CC/C=C\C/C=C\C/C=C\C/C=C\C/C=C\C/C=C\C/C=C\C/C=C\C/C=C\C/C=C\C/C=C\CCCCCCCC(=O)NC(COC1OC(CO)C(OC2OC(CO)C(OC3OC(CO)C(O)C(O)C3O)C(O)C2O)C(O)C1O)C(O)/C=C/CC/C=C/CC/C=C/CCCCCCCCC. The Morgan fingerprint density at radius 1 is 0.366 bits per heavy atom. The van der Waals surface area contributed by atoms with Crippen LogP contribution in [0.2, 0.25) is 0 Å². The number of amides is 1. The van der Waals surface area contributed by atoms with Crippen LogP contribution in [0.5, 0.6) is 0 Å². The van der Waals surface area contributed by atoms with Gasteiger partial charge in [-0.3, -0.25) is 4.79 Å². The Morgan fingerprint density at radius 3 is 1.11 bits per heavy atom. The van der Waals surface area contributed by atoms with Gasteiger partial charge in [0.15, 0.2) is 18.9 Å². The zero-order valence-corrected chi connectivity index (χ0v) is 60.8. The number of carbonyl (C=O) groups is 1. The summed E-state index contributed by atoms with van der Waals surface area (Å²) < 4.78 is 34.3. The molecule has 0 aromatic heterocycles. The van der Waals surface area contributed by atoms with E-state index in [0.717, 1.165) is 128 Å². The van der Waals surface area contributed by atoms with Crippen LogP contribution in [0.1, 0.15) is 206 Å². The molecule has 17 unspecified atom stereocenters. The molecule has 3 aliphatic rings. The Morgan fingerprint density at radius 2 is 0.693 bits per heavy atom. The van der Waals surface area contributed by atoms with Crippen LogP contribution in [0.3, 0.4) is 0 Å².